The topological polar surface area (TPSA) is 26.0 Å². The van der Waals surface area contributed by atoms with Crippen LogP contribution in [0.1, 0.15) is 22.7 Å². The molecule has 0 aromatic heterocycles. The Kier molecular flexibility index (Phi) is 3.14. The average Bonchev–Trinajstić information content (AvgIpc) is 2.81. The molecule has 0 spiro atoms. The largest absolute Gasteiger partial charge is 0.323 e. The van der Waals surface area contributed by atoms with E-state index >= 15 is 0 Å². The minimum atomic E-state index is 0.113. The summed E-state index contributed by atoms with van der Waals surface area (Å²) in [4.78, 5) is 1.39. The second-order valence-electron chi connectivity index (χ2n) is 4.91. The summed E-state index contributed by atoms with van der Waals surface area (Å²) >= 11 is 1.92. The fraction of sp³-hybridized carbons (Fsp3) is 0.250. The molecule has 0 saturated carbocycles. The van der Waals surface area contributed by atoms with Crippen molar-refractivity contribution in [3.63, 3.8) is 0 Å². The number of aryl methyl sites for hydroxylation is 1. The molecule has 1 aliphatic rings. The first-order valence-corrected chi connectivity index (χ1v) is 7.19. The van der Waals surface area contributed by atoms with E-state index in [0.29, 0.717) is 5.25 Å². The Balaban J connectivity index is 1.82. The third kappa shape index (κ3) is 2.18. The third-order valence-corrected chi connectivity index (χ3v) is 4.91. The standard InChI is InChI=1S/C16H17NS/c1-11-5-4-7-13(9-11)16(17)15-10-12-6-2-3-8-14(12)18-15/h2-9,15-16H,10,17H2,1H3. The lowest BCUT2D eigenvalue weighted by molar-refractivity contribution is 0.677. The molecule has 0 amide bonds. The zero-order valence-electron chi connectivity index (χ0n) is 10.5. The molecule has 1 heterocycles. The lowest BCUT2D eigenvalue weighted by atomic mass is 9.98. The maximum atomic E-state index is 6.43. The summed E-state index contributed by atoms with van der Waals surface area (Å²) < 4.78 is 0. The van der Waals surface area contributed by atoms with E-state index in [0.717, 1.165) is 6.42 Å². The maximum Gasteiger partial charge on any atom is 0.0422 e. The van der Waals surface area contributed by atoms with Gasteiger partial charge in [-0.2, -0.15) is 0 Å². The summed E-state index contributed by atoms with van der Waals surface area (Å²) in [7, 11) is 0. The van der Waals surface area contributed by atoms with Crippen LogP contribution in [0.2, 0.25) is 0 Å². The van der Waals surface area contributed by atoms with Crippen LogP contribution in [0.25, 0.3) is 0 Å². The van der Waals surface area contributed by atoms with Crippen molar-refractivity contribution in [1.29, 1.82) is 0 Å². The zero-order chi connectivity index (χ0) is 12.5. The molecule has 18 heavy (non-hydrogen) atoms. The quantitative estimate of drug-likeness (QED) is 0.885. The molecule has 2 atom stereocenters. The van der Waals surface area contributed by atoms with Crippen molar-refractivity contribution < 1.29 is 0 Å². The number of hydrogen-bond donors (Lipinski definition) is 1. The second-order valence-corrected chi connectivity index (χ2v) is 6.19. The first-order valence-electron chi connectivity index (χ1n) is 6.31. The number of fused-ring (bicyclic) bond motifs is 1. The third-order valence-electron chi connectivity index (χ3n) is 3.50. The highest BCUT2D eigenvalue weighted by molar-refractivity contribution is 8.00. The fourth-order valence-electron chi connectivity index (χ4n) is 2.50. The van der Waals surface area contributed by atoms with Crippen LogP contribution in [0.5, 0.6) is 0 Å². The number of nitrogens with two attached hydrogens (primary N) is 1. The molecule has 2 unspecified atom stereocenters. The monoisotopic (exact) mass is 255 g/mol. The van der Waals surface area contributed by atoms with E-state index in [1.54, 1.807) is 0 Å². The van der Waals surface area contributed by atoms with Crippen molar-refractivity contribution in [3.8, 4) is 0 Å². The first kappa shape index (κ1) is 11.8. The van der Waals surface area contributed by atoms with Gasteiger partial charge in [0.05, 0.1) is 0 Å². The maximum absolute atomic E-state index is 6.43. The Morgan fingerprint density at radius 3 is 2.78 bits per heavy atom. The van der Waals surface area contributed by atoms with Gasteiger partial charge < -0.3 is 5.73 Å². The highest BCUT2D eigenvalue weighted by atomic mass is 32.2. The van der Waals surface area contributed by atoms with E-state index in [9.17, 15) is 0 Å². The highest BCUT2D eigenvalue weighted by Gasteiger charge is 2.27. The highest BCUT2D eigenvalue weighted by Crippen LogP contribution is 2.41. The Bertz CT molecular complexity index is 540. The Labute approximate surface area is 112 Å². The van der Waals surface area contributed by atoms with Crippen LogP contribution in [0, 0.1) is 6.92 Å². The molecule has 2 aromatic rings. The number of rotatable bonds is 2. The van der Waals surface area contributed by atoms with Crippen LogP contribution in [0.3, 0.4) is 0 Å². The number of benzene rings is 2. The molecule has 0 saturated heterocycles. The summed E-state index contributed by atoms with van der Waals surface area (Å²) in [5, 5.41) is 0.462. The first-order chi connectivity index (χ1) is 8.74. The summed E-state index contributed by atoms with van der Waals surface area (Å²) in [5.41, 5.74) is 10.4. The predicted octanol–water partition coefficient (Wildman–Crippen LogP) is 3.71. The van der Waals surface area contributed by atoms with Crippen LogP contribution in [-0.2, 0) is 6.42 Å². The average molecular weight is 255 g/mol. The molecule has 0 radical (unpaired) electrons. The van der Waals surface area contributed by atoms with E-state index in [4.69, 9.17) is 5.73 Å². The van der Waals surface area contributed by atoms with Gasteiger partial charge in [0, 0.05) is 16.2 Å². The molecule has 92 valence electrons. The van der Waals surface area contributed by atoms with E-state index in [1.165, 1.54) is 21.6 Å². The summed E-state index contributed by atoms with van der Waals surface area (Å²) in [5.74, 6) is 0. The molecule has 1 nitrogen and oxygen atoms in total. The van der Waals surface area contributed by atoms with Crippen LogP contribution in [0.15, 0.2) is 53.4 Å². The predicted molar refractivity (Wildman–Crippen MR) is 77.9 cm³/mol. The van der Waals surface area contributed by atoms with Gasteiger partial charge >= 0.3 is 0 Å². The Morgan fingerprint density at radius 2 is 2.00 bits per heavy atom. The lowest BCUT2D eigenvalue weighted by Gasteiger charge is -2.19. The van der Waals surface area contributed by atoms with Crippen molar-refractivity contribution in [2.75, 3.05) is 0 Å². The Morgan fingerprint density at radius 1 is 1.17 bits per heavy atom. The Hall–Kier alpha value is -1.25. The molecule has 2 aromatic carbocycles. The van der Waals surface area contributed by atoms with Gasteiger partial charge in [-0.25, -0.2) is 0 Å². The van der Waals surface area contributed by atoms with Gasteiger partial charge in [-0.3, -0.25) is 0 Å². The van der Waals surface area contributed by atoms with Crippen LogP contribution >= 0.6 is 11.8 Å². The van der Waals surface area contributed by atoms with Crippen molar-refractivity contribution in [2.45, 2.75) is 29.5 Å². The van der Waals surface area contributed by atoms with Gasteiger partial charge in [0.2, 0.25) is 0 Å². The van der Waals surface area contributed by atoms with Crippen LogP contribution in [-0.4, -0.2) is 5.25 Å². The minimum Gasteiger partial charge on any atom is -0.323 e. The summed E-state index contributed by atoms with van der Waals surface area (Å²) in [6.45, 7) is 2.12. The smallest absolute Gasteiger partial charge is 0.0422 e. The minimum absolute atomic E-state index is 0.113. The van der Waals surface area contributed by atoms with Crippen molar-refractivity contribution in [3.05, 3.63) is 65.2 Å². The lowest BCUT2D eigenvalue weighted by Crippen LogP contribution is -2.23. The molecule has 2 heteroatoms. The normalized spacial score (nSPS) is 19.6. The summed E-state index contributed by atoms with van der Waals surface area (Å²) in [6, 6.07) is 17.3. The SMILES string of the molecule is Cc1cccc(C(N)C2Cc3ccccc3S2)c1. The van der Waals surface area contributed by atoms with Gasteiger partial charge in [0.25, 0.3) is 0 Å². The van der Waals surface area contributed by atoms with Crippen molar-refractivity contribution in [2.24, 2.45) is 5.73 Å². The molecule has 0 bridgehead atoms. The van der Waals surface area contributed by atoms with Crippen LogP contribution < -0.4 is 5.73 Å². The van der Waals surface area contributed by atoms with E-state index in [-0.39, 0.29) is 6.04 Å². The molecule has 1 aliphatic heterocycles. The fourth-order valence-corrected chi connectivity index (χ4v) is 3.85. The van der Waals surface area contributed by atoms with E-state index in [2.05, 4.69) is 55.5 Å². The molecule has 2 N–H and O–H groups in total. The van der Waals surface area contributed by atoms with Crippen molar-refractivity contribution in [1.82, 2.24) is 0 Å². The van der Waals surface area contributed by atoms with Gasteiger partial charge in [-0.05, 0) is 30.5 Å². The molecular weight excluding hydrogens is 238 g/mol. The van der Waals surface area contributed by atoms with E-state index < -0.39 is 0 Å². The zero-order valence-corrected chi connectivity index (χ0v) is 11.3. The molecule has 3 rings (SSSR count). The van der Waals surface area contributed by atoms with Gasteiger partial charge in [-0.1, -0.05) is 48.0 Å². The molecule has 0 aliphatic carbocycles. The second kappa shape index (κ2) is 4.79. The summed E-state index contributed by atoms with van der Waals surface area (Å²) in [6.07, 6.45) is 1.08. The van der Waals surface area contributed by atoms with Crippen molar-refractivity contribution >= 4 is 11.8 Å². The van der Waals surface area contributed by atoms with Gasteiger partial charge in [0.1, 0.15) is 0 Å². The number of thioether (sulfide) groups is 1. The molecular formula is C16H17NS. The number of hydrogen-bond acceptors (Lipinski definition) is 2. The van der Waals surface area contributed by atoms with Gasteiger partial charge in [-0.15, -0.1) is 11.8 Å². The van der Waals surface area contributed by atoms with Crippen LogP contribution in [0.4, 0.5) is 0 Å². The molecule has 0 fully saturated rings. The van der Waals surface area contributed by atoms with Gasteiger partial charge in [0.15, 0.2) is 0 Å². The van der Waals surface area contributed by atoms with E-state index in [1.807, 2.05) is 11.8 Å².